The van der Waals surface area contributed by atoms with Crippen molar-refractivity contribution in [2.75, 3.05) is 0 Å². The molecule has 1 atom stereocenters. The predicted octanol–water partition coefficient (Wildman–Crippen LogP) is 2.53. The lowest BCUT2D eigenvalue weighted by molar-refractivity contribution is -0.122. The Kier molecular flexibility index (Phi) is 5.16. The average Bonchev–Trinajstić information content (AvgIpc) is 2.46. The molecule has 104 valence electrons. The van der Waals surface area contributed by atoms with Crippen LogP contribution < -0.4 is 11.1 Å². The number of hydrogen-bond donors (Lipinski definition) is 2. The third kappa shape index (κ3) is 4.37. The van der Waals surface area contributed by atoms with Crippen LogP contribution in [0.25, 0.3) is 0 Å². The molecule has 0 saturated heterocycles. The Morgan fingerprint density at radius 1 is 1.10 bits per heavy atom. The van der Waals surface area contributed by atoms with Gasteiger partial charge in [0.2, 0.25) is 5.91 Å². The van der Waals surface area contributed by atoms with Gasteiger partial charge >= 0.3 is 0 Å². The minimum absolute atomic E-state index is 0.158. The molecule has 2 rings (SSSR count). The smallest absolute Gasteiger partial charge is 0.237 e. The number of carbonyl (C=O) groups is 1. The van der Waals surface area contributed by atoms with Crippen LogP contribution in [0.2, 0.25) is 5.02 Å². The van der Waals surface area contributed by atoms with Gasteiger partial charge in [-0.05, 0) is 29.7 Å². The average molecular weight is 289 g/mol. The second kappa shape index (κ2) is 7.08. The molecule has 20 heavy (non-hydrogen) atoms. The van der Waals surface area contributed by atoms with Crippen LogP contribution in [-0.2, 0) is 17.8 Å². The summed E-state index contributed by atoms with van der Waals surface area (Å²) in [7, 11) is 0. The first-order valence-electron chi connectivity index (χ1n) is 6.47. The standard InChI is InChI=1S/C16H17ClN2O/c17-14-8-4-7-13(9-14)11-19-16(20)15(18)10-12-5-2-1-3-6-12/h1-9,15H,10-11,18H2,(H,19,20)/t15-/m0/s1. The van der Waals surface area contributed by atoms with Crippen LogP contribution in [0.5, 0.6) is 0 Å². The first-order chi connectivity index (χ1) is 9.65. The summed E-state index contributed by atoms with van der Waals surface area (Å²) in [5.74, 6) is -0.158. The van der Waals surface area contributed by atoms with Crippen molar-refractivity contribution in [3.63, 3.8) is 0 Å². The van der Waals surface area contributed by atoms with Gasteiger partial charge in [0.15, 0.2) is 0 Å². The van der Waals surface area contributed by atoms with Gasteiger partial charge in [0.1, 0.15) is 0 Å². The van der Waals surface area contributed by atoms with E-state index in [9.17, 15) is 4.79 Å². The highest BCUT2D eigenvalue weighted by atomic mass is 35.5. The Hall–Kier alpha value is -1.84. The topological polar surface area (TPSA) is 55.1 Å². The molecular weight excluding hydrogens is 272 g/mol. The largest absolute Gasteiger partial charge is 0.351 e. The molecule has 0 saturated carbocycles. The Morgan fingerprint density at radius 2 is 1.80 bits per heavy atom. The highest BCUT2D eigenvalue weighted by molar-refractivity contribution is 6.30. The molecule has 0 unspecified atom stereocenters. The summed E-state index contributed by atoms with van der Waals surface area (Å²) in [5, 5.41) is 3.48. The lowest BCUT2D eigenvalue weighted by Crippen LogP contribution is -2.41. The molecule has 0 aliphatic heterocycles. The van der Waals surface area contributed by atoms with Gasteiger partial charge in [-0.3, -0.25) is 4.79 Å². The van der Waals surface area contributed by atoms with Crippen molar-refractivity contribution < 1.29 is 4.79 Å². The van der Waals surface area contributed by atoms with Crippen molar-refractivity contribution in [2.45, 2.75) is 19.0 Å². The van der Waals surface area contributed by atoms with E-state index in [1.807, 2.05) is 48.5 Å². The van der Waals surface area contributed by atoms with E-state index in [-0.39, 0.29) is 5.91 Å². The predicted molar refractivity (Wildman–Crippen MR) is 81.4 cm³/mol. The highest BCUT2D eigenvalue weighted by Gasteiger charge is 2.13. The van der Waals surface area contributed by atoms with Gasteiger partial charge < -0.3 is 11.1 Å². The zero-order valence-corrected chi connectivity index (χ0v) is 11.8. The van der Waals surface area contributed by atoms with Crippen molar-refractivity contribution in [3.8, 4) is 0 Å². The number of nitrogens with two attached hydrogens (primary N) is 1. The maximum Gasteiger partial charge on any atom is 0.237 e. The van der Waals surface area contributed by atoms with Gasteiger partial charge in [0.05, 0.1) is 6.04 Å². The Bertz CT molecular complexity index is 572. The van der Waals surface area contributed by atoms with Crippen molar-refractivity contribution in [1.29, 1.82) is 0 Å². The molecule has 0 heterocycles. The van der Waals surface area contributed by atoms with Crippen LogP contribution in [0.4, 0.5) is 0 Å². The monoisotopic (exact) mass is 288 g/mol. The van der Waals surface area contributed by atoms with E-state index in [1.54, 1.807) is 6.07 Å². The summed E-state index contributed by atoms with van der Waals surface area (Å²) in [5.41, 5.74) is 7.92. The number of nitrogens with one attached hydrogen (secondary N) is 1. The summed E-state index contributed by atoms with van der Waals surface area (Å²) in [6.45, 7) is 0.432. The molecule has 4 heteroatoms. The third-order valence-electron chi connectivity index (χ3n) is 2.99. The maximum absolute atomic E-state index is 11.9. The number of rotatable bonds is 5. The molecule has 3 N–H and O–H groups in total. The van der Waals surface area contributed by atoms with E-state index < -0.39 is 6.04 Å². The number of halogens is 1. The maximum atomic E-state index is 11.9. The normalized spacial score (nSPS) is 11.9. The van der Waals surface area contributed by atoms with Gasteiger partial charge in [-0.2, -0.15) is 0 Å². The number of hydrogen-bond acceptors (Lipinski definition) is 2. The Labute approximate surface area is 123 Å². The minimum Gasteiger partial charge on any atom is -0.351 e. The summed E-state index contributed by atoms with van der Waals surface area (Å²) in [4.78, 5) is 11.9. The minimum atomic E-state index is -0.545. The molecule has 0 aromatic heterocycles. The van der Waals surface area contributed by atoms with Crippen LogP contribution in [0.3, 0.4) is 0 Å². The molecular formula is C16H17ClN2O. The molecule has 1 amide bonds. The number of amides is 1. The van der Waals surface area contributed by atoms with E-state index in [2.05, 4.69) is 5.32 Å². The van der Waals surface area contributed by atoms with Gasteiger partial charge in [0.25, 0.3) is 0 Å². The van der Waals surface area contributed by atoms with E-state index in [0.717, 1.165) is 11.1 Å². The van der Waals surface area contributed by atoms with E-state index in [4.69, 9.17) is 17.3 Å². The summed E-state index contributed by atoms with van der Waals surface area (Å²) >= 11 is 5.89. The highest BCUT2D eigenvalue weighted by Crippen LogP contribution is 2.10. The van der Waals surface area contributed by atoms with Crippen molar-refractivity contribution in [3.05, 3.63) is 70.7 Å². The second-order valence-electron chi connectivity index (χ2n) is 4.64. The molecule has 0 fully saturated rings. The van der Waals surface area contributed by atoms with Gasteiger partial charge in [-0.25, -0.2) is 0 Å². The number of carbonyl (C=O) groups excluding carboxylic acids is 1. The molecule has 2 aromatic carbocycles. The quantitative estimate of drug-likeness (QED) is 0.888. The molecule has 0 aliphatic carbocycles. The SMILES string of the molecule is N[C@@H](Cc1ccccc1)C(=O)NCc1cccc(Cl)c1. The lowest BCUT2D eigenvalue weighted by atomic mass is 10.1. The first kappa shape index (κ1) is 14.6. The van der Waals surface area contributed by atoms with Crippen molar-refractivity contribution in [2.24, 2.45) is 5.73 Å². The number of benzene rings is 2. The van der Waals surface area contributed by atoms with Gasteiger partial charge in [0, 0.05) is 11.6 Å². The summed E-state index contributed by atoms with van der Waals surface area (Å²) in [6.07, 6.45) is 0.530. The van der Waals surface area contributed by atoms with E-state index >= 15 is 0 Å². The Morgan fingerprint density at radius 3 is 2.50 bits per heavy atom. The van der Waals surface area contributed by atoms with Crippen LogP contribution >= 0.6 is 11.6 Å². The summed E-state index contributed by atoms with van der Waals surface area (Å²) < 4.78 is 0. The molecule has 2 aromatic rings. The van der Waals surface area contributed by atoms with E-state index in [0.29, 0.717) is 18.0 Å². The van der Waals surface area contributed by atoms with Crippen molar-refractivity contribution >= 4 is 17.5 Å². The van der Waals surface area contributed by atoms with Gasteiger partial charge in [-0.15, -0.1) is 0 Å². The third-order valence-corrected chi connectivity index (χ3v) is 3.23. The van der Waals surface area contributed by atoms with Crippen LogP contribution in [-0.4, -0.2) is 11.9 Å². The fraction of sp³-hybridized carbons (Fsp3) is 0.188. The van der Waals surface area contributed by atoms with Crippen LogP contribution in [0, 0.1) is 0 Å². The lowest BCUT2D eigenvalue weighted by Gasteiger charge is -2.12. The van der Waals surface area contributed by atoms with E-state index in [1.165, 1.54) is 0 Å². The van der Waals surface area contributed by atoms with Crippen LogP contribution in [0.1, 0.15) is 11.1 Å². The van der Waals surface area contributed by atoms with Gasteiger partial charge in [-0.1, -0.05) is 54.1 Å². The zero-order valence-electron chi connectivity index (χ0n) is 11.1. The molecule has 0 bridgehead atoms. The molecule has 3 nitrogen and oxygen atoms in total. The fourth-order valence-electron chi connectivity index (χ4n) is 1.93. The zero-order chi connectivity index (χ0) is 14.4. The molecule has 0 spiro atoms. The molecule has 0 radical (unpaired) electrons. The van der Waals surface area contributed by atoms with Crippen molar-refractivity contribution in [1.82, 2.24) is 5.32 Å². The second-order valence-corrected chi connectivity index (χ2v) is 5.08. The Balaban J connectivity index is 1.85. The fourth-order valence-corrected chi connectivity index (χ4v) is 2.14. The molecule has 0 aliphatic rings. The first-order valence-corrected chi connectivity index (χ1v) is 6.84. The van der Waals surface area contributed by atoms with Crippen LogP contribution in [0.15, 0.2) is 54.6 Å². The summed E-state index contributed by atoms with van der Waals surface area (Å²) in [6, 6.07) is 16.6.